The number of anilines is 1. The number of nitrogens with one attached hydrogen (secondary N) is 1. The highest BCUT2D eigenvalue weighted by molar-refractivity contribution is 6.29. The molecule has 0 radical (unpaired) electrons. The maximum absolute atomic E-state index is 11.0. The lowest BCUT2D eigenvalue weighted by Gasteiger charge is -2.13. The Balaban J connectivity index is 1.93. The van der Waals surface area contributed by atoms with Crippen LogP contribution in [0.25, 0.3) is 0 Å². The first-order valence-electron chi connectivity index (χ1n) is 6.76. The van der Waals surface area contributed by atoms with Crippen LogP contribution in [0.1, 0.15) is 35.2 Å². The number of halogens is 1. The number of benzene rings is 1. The molecular weight excluding hydrogens is 288 g/mol. The SMILES string of the molecule is CC(CCNc1cc(C(=O)O)cc(Cl)n1)c1ccccc1. The van der Waals surface area contributed by atoms with E-state index >= 15 is 0 Å². The summed E-state index contributed by atoms with van der Waals surface area (Å²) in [6.45, 7) is 2.85. The molecule has 21 heavy (non-hydrogen) atoms. The van der Waals surface area contributed by atoms with Crippen molar-refractivity contribution in [3.05, 3.63) is 58.7 Å². The van der Waals surface area contributed by atoms with Crippen LogP contribution >= 0.6 is 11.6 Å². The highest BCUT2D eigenvalue weighted by Crippen LogP contribution is 2.19. The molecule has 1 unspecified atom stereocenters. The van der Waals surface area contributed by atoms with Crippen LogP contribution in [0.3, 0.4) is 0 Å². The third-order valence-corrected chi connectivity index (χ3v) is 3.49. The van der Waals surface area contributed by atoms with Gasteiger partial charge in [0.05, 0.1) is 5.56 Å². The Morgan fingerprint density at radius 2 is 2.05 bits per heavy atom. The second kappa shape index (κ2) is 7.09. The molecule has 0 aliphatic heterocycles. The van der Waals surface area contributed by atoms with Gasteiger partial charge in [-0.2, -0.15) is 0 Å². The number of hydrogen-bond acceptors (Lipinski definition) is 3. The smallest absolute Gasteiger partial charge is 0.335 e. The molecule has 1 heterocycles. The van der Waals surface area contributed by atoms with Crippen molar-refractivity contribution in [2.75, 3.05) is 11.9 Å². The number of pyridine rings is 1. The van der Waals surface area contributed by atoms with E-state index < -0.39 is 5.97 Å². The summed E-state index contributed by atoms with van der Waals surface area (Å²) in [5.74, 6) is -0.114. The summed E-state index contributed by atoms with van der Waals surface area (Å²) in [5.41, 5.74) is 1.41. The predicted molar refractivity (Wildman–Crippen MR) is 84.2 cm³/mol. The normalized spacial score (nSPS) is 11.9. The average Bonchev–Trinajstić information content (AvgIpc) is 2.47. The van der Waals surface area contributed by atoms with Crippen LogP contribution < -0.4 is 5.32 Å². The number of carbonyl (C=O) groups is 1. The van der Waals surface area contributed by atoms with Crippen LogP contribution in [0.2, 0.25) is 5.15 Å². The lowest BCUT2D eigenvalue weighted by Crippen LogP contribution is -2.08. The highest BCUT2D eigenvalue weighted by atomic mass is 35.5. The van der Waals surface area contributed by atoms with E-state index in [0.29, 0.717) is 18.3 Å². The highest BCUT2D eigenvalue weighted by Gasteiger charge is 2.08. The van der Waals surface area contributed by atoms with Gasteiger partial charge in [0.1, 0.15) is 11.0 Å². The van der Waals surface area contributed by atoms with Gasteiger partial charge in [-0.15, -0.1) is 0 Å². The Morgan fingerprint density at radius 3 is 2.71 bits per heavy atom. The van der Waals surface area contributed by atoms with E-state index in [-0.39, 0.29) is 10.7 Å². The van der Waals surface area contributed by atoms with Crippen LogP contribution in [0.5, 0.6) is 0 Å². The zero-order valence-electron chi connectivity index (χ0n) is 11.7. The van der Waals surface area contributed by atoms with Gasteiger partial charge in [0.2, 0.25) is 0 Å². The average molecular weight is 305 g/mol. The maximum atomic E-state index is 11.0. The molecule has 0 saturated carbocycles. The minimum atomic E-state index is -1.01. The lowest BCUT2D eigenvalue weighted by molar-refractivity contribution is 0.0697. The summed E-state index contributed by atoms with van der Waals surface area (Å²) < 4.78 is 0. The minimum absolute atomic E-state index is 0.133. The number of aromatic nitrogens is 1. The zero-order chi connectivity index (χ0) is 15.2. The Hall–Kier alpha value is -2.07. The van der Waals surface area contributed by atoms with Crippen LogP contribution in [0.4, 0.5) is 5.82 Å². The van der Waals surface area contributed by atoms with Gasteiger partial charge in [0, 0.05) is 6.54 Å². The predicted octanol–water partition coefficient (Wildman–Crippen LogP) is 4.04. The van der Waals surface area contributed by atoms with Gasteiger partial charge >= 0.3 is 5.97 Å². The van der Waals surface area contributed by atoms with Crippen LogP contribution in [-0.2, 0) is 0 Å². The molecule has 110 valence electrons. The number of carboxylic acid groups (broad SMARTS) is 1. The van der Waals surface area contributed by atoms with E-state index in [4.69, 9.17) is 16.7 Å². The van der Waals surface area contributed by atoms with Crippen molar-refractivity contribution in [2.45, 2.75) is 19.3 Å². The van der Waals surface area contributed by atoms with Gasteiger partial charge in [-0.25, -0.2) is 9.78 Å². The Kier molecular flexibility index (Phi) is 5.17. The van der Waals surface area contributed by atoms with Gasteiger partial charge < -0.3 is 10.4 Å². The van der Waals surface area contributed by atoms with Crippen molar-refractivity contribution in [3.8, 4) is 0 Å². The molecule has 0 fully saturated rings. The van der Waals surface area contributed by atoms with E-state index in [1.165, 1.54) is 17.7 Å². The van der Waals surface area contributed by atoms with Gasteiger partial charge in [-0.1, -0.05) is 48.9 Å². The molecule has 0 spiro atoms. The number of aromatic carboxylic acids is 1. The second-order valence-electron chi connectivity index (χ2n) is 4.90. The van der Waals surface area contributed by atoms with E-state index in [0.717, 1.165) is 6.42 Å². The molecule has 0 bridgehead atoms. The lowest BCUT2D eigenvalue weighted by atomic mass is 9.98. The quantitative estimate of drug-likeness (QED) is 0.791. The van der Waals surface area contributed by atoms with E-state index in [1.54, 1.807) is 0 Å². The van der Waals surface area contributed by atoms with Crippen LogP contribution in [-0.4, -0.2) is 22.6 Å². The molecule has 2 rings (SSSR count). The van der Waals surface area contributed by atoms with Crippen molar-refractivity contribution in [3.63, 3.8) is 0 Å². The van der Waals surface area contributed by atoms with Crippen molar-refractivity contribution in [1.82, 2.24) is 4.98 Å². The van der Waals surface area contributed by atoms with Gasteiger partial charge in [0.15, 0.2) is 0 Å². The third kappa shape index (κ3) is 4.46. The molecule has 0 saturated heterocycles. The topological polar surface area (TPSA) is 62.2 Å². The number of hydrogen-bond donors (Lipinski definition) is 2. The van der Waals surface area contributed by atoms with Crippen molar-refractivity contribution in [1.29, 1.82) is 0 Å². The maximum Gasteiger partial charge on any atom is 0.335 e. The van der Waals surface area contributed by atoms with Crippen LogP contribution in [0, 0.1) is 0 Å². The molecule has 2 aromatic rings. The fourth-order valence-electron chi connectivity index (χ4n) is 2.08. The standard InChI is InChI=1S/C16H17ClN2O2/c1-11(12-5-3-2-4-6-12)7-8-18-15-10-13(16(20)21)9-14(17)19-15/h2-6,9-11H,7-8H2,1H3,(H,18,19)(H,20,21). The number of rotatable bonds is 6. The first-order chi connectivity index (χ1) is 10.1. The van der Waals surface area contributed by atoms with E-state index in [1.807, 2.05) is 18.2 Å². The van der Waals surface area contributed by atoms with Crippen molar-refractivity contribution >= 4 is 23.4 Å². The van der Waals surface area contributed by atoms with Gasteiger partial charge in [-0.3, -0.25) is 0 Å². The monoisotopic (exact) mass is 304 g/mol. The first-order valence-corrected chi connectivity index (χ1v) is 7.14. The molecule has 0 aliphatic carbocycles. The van der Waals surface area contributed by atoms with Crippen LogP contribution in [0.15, 0.2) is 42.5 Å². The van der Waals surface area contributed by atoms with Gasteiger partial charge in [-0.05, 0) is 30.0 Å². The Bertz CT molecular complexity index is 617. The molecule has 4 nitrogen and oxygen atoms in total. The molecule has 1 aromatic heterocycles. The minimum Gasteiger partial charge on any atom is -0.478 e. The first kappa shape index (κ1) is 15.3. The second-order valence-corrected chi connectivity index (χ2v) is 5.28. The molecular formula is C16H17ClN2O2. The largest absolute Gasteiger partial charge is 0.478 e. The Labute approximate surface area is 128 Å². The molecule has 0 aliphatic rings. The van der Waals surface area contributed by atoms with E-state index in [9.17, 15) is 4.79 Å². The molecule has 1 aromatic carbocycles. The van der Waals surface area contributed by atoms with E-state index in [2.05, 4.69) is 29.4 Å². The molecule has 2 N–H and O–H groups in total. The molecule has 0 amide bonds. The summed E-state index contributed by atoms with van der Waals surface area (Å²) in [6, 6.07) is 13.1. The fourth-order valence-corrected chi connectivity index (χ4v) is 2.28. The summed E-state index contributed by atoms with van der Waals surface area (Å²) in [5, 5.41) is 12.3. The van der Waals surface area contributed by atoms with Crippen molar-refractivity contribution in [2.24, 2.45) is 0 Å². The summed E-state index contributed by atoms with van der Waals surface area (Å²) in [6.07, 6.45) is 0.917. The summed E-state index contributed by atoms with van der Waals surface area (Å²) in [4.78, 5) is 15.0. The molecule has 5 heteroatoms. The number of carboxylic acids is 1. The third-order valence-electron chi connectivity index (χ3n) is 3.29. The summed E-state index contributed by atoms with van der Waals surface area (Å²) in [7, 11) is 0. The zero-order valence-corrected chi connectivity index (χ0v) is 12.5. The van der Waals surface area contributed by atoms with Crippen molar-refractivity contribution < 1.29 is 9.90 Å². The fraction of sp³-hybridized carbons (Fsp3) is 0.250. The molecule has 1 atom stereocenters. The number of nitrogens with zero attached hydrogens (tertiary/aromatic N) is 1. The summed E-state index contributed by atoms with van der Waals surface area (Å²) >= 11 is 5.82. The van der Waals surface area contributed by atoms with Gasteiger partial charge in [0.25, 0.3) is 0 Å². The Morgan fingerprint density at radius 1 is 1.33 bits per heavy atom.